The molecule has 0 spiro atoms. The molecule has 0 aliphatic carbocycles. The van der Waals surface area contributed by atoms with Crippen LogP contribution in [0.1, 0.15) is 11.3 Å². The molecule has 240 valence electrons. The van der Waals surface area contributed by atoms with E-state index in [9.17, 15) is 0 Å². The van der Waals surface area contributed by atoms with Crippen LogP contribution in [-0.4, -0.2) is 0 Å². The lowest BCUT2D eigenvalue weighted by molar-refractivity contribution is 0.580. The Bertz CT molecular complexity index is 3000. The first-order chi connectivity index (χ1) is 25.2. The molecule has 8 aromatic carbocycles. The van der Waals surface area contributed by atoms with Crippen molar-refractivity contribution in [1.82, 2.24) is 0 Å². The summed E-state index contributed by atoms with van der Waals surface area (Å²) in [5.74, 6) is 0.866. The lowest BCUT2D eigenvalue weighted by atomic mass is 9.85. The molecule has 0 radical (unpaired) electrons. The molecule has 10 aromatic rings. The van der Waals surface area contributed by atoms with Crippen LogP contribution in [-0.2, 0) is 0 Å². The van der Waals surface area contributed by atoms with E-state index in [0.29, 0.717) is 0 Å². The fourth-order valence-electron chi connectivity index (χ4n) is 8.10. The summed E-state index contributed by atoms with van der Waals surface area (Å²) in [4.78, 5) is 0. The lowest BCUT2D eigenvalue weighted by Gasteiger charge is -2.18. The van der Waals surface area contributed by atoms with Crippen molar-refractivity contribution in [2.45, 2.75) is 6.92 Å². The maximum absolute atomic E-state index is 6.66. The van der Waals surface area contributed by atoms with Gasteiger partial charge in [-0.05, 0) is 91.3 Å². The zero-order chi connectivity index (χ0) is 34.1. The standard InChI is InChI=1S/C49H32O2/c1-3-4-18-36-30(2)50-49-43(36)29-42(48-47(49)41-23-11-12-24-44(41)51-48)33-16-13-17-34(28-33)45-37-19-7-9-21-39(37)46(40-22-10-8-20-38(40)45)35-26-25-31-14-5-6-15-32(31)27-35/h3-29H,1H2,2H3/b18-4-. The molecule has 0 aliphatic heterocycles. The second kappa shape index (κ2) is 11.5. The van der Waals surface area contributed by atoms with Crippen LogP contribution in [0.25, 0.3) is 105 Å². The molecule has 0 N–H and O–H groups in total. The van der Waals surface area contributed by atoms with E-state index in [1.54, 1.807) is 6.08 Å². The molecule has 0 aliphatic rings. The van der Waals surface area contributed by atoms with Crippen molar-refractivity contribution in [1.29, 1.82) is 0 Å². The van der Waals surface area contributed by atoms with Crippen molar-refractivity contribution in [2.24, 2.45) is 0 Å². The fraction of sp³-hybridized carbons (Fsp3) is 0.0204. The Morgan fingerprint density at radius 3 is 1.80 bits per heavy atom. The highest BCUT2D eigenvalue weighted by Gasteiger charge is 2.22. The van der Waals surface area contributed by atoms with Gasteiger partial charge in [0, 0.05) is 21.9 Å². The van der Waals surface area contributed by atoms with E-state index in [1.165, 1.54) is 49.0 Å². The van der Waals surface area contributed by atoms with Gasteiger partial charge in [0.1, 0.15) is 22.5 Å². The van der Waals surface area contributed by atoms with Gasteiger partial charge in [-0.15, -0.1) is 0 Å². The maximum atomic E-state index is 6.66. The number of aryl methyl sites for hydroxylation is 1. The van der Waals surface area contributed by atoms with E-state index in [0.717, 1.165) is 60.9 Å². The Morgan fingerprint density at radius 2 is 1.10 bits per heavy atom. The quantitative estimate of drug-likeness (QED) is 0.137. The van der Waals surface area contributed by atoms with Crippen LogP contribution in [0.15, 0.2) is 173 Å². The van der Waals surface area contributed by atoms with Gasteiger partial charge >= 0.3 is 0 Å². The molecule has 0 atom stereocenters. The molecule has 0 bridgehead atoms. The van der Waals surface area contributed by atoms with Crippen molar-refractivity contribution < 1.29 is 8.83 Å². The third-order valence-corrected chi connectivity index (χ3v) is 10.4. The SMILES string of the molecule is C=C/C=C\c1c(C)oc2c1cc(-c1cccc(-c3c4ccccc4c(-c4ccc5ccccc5c4)c4ccccc34)c1)c1oc3ccccc3c12. The van der Waals surface area contributed by atoms with Crippen molar-refractivity contribution in [3.8, 4) is 33.4 Å². The van der Waals surface area contributed by atoms with Gasteiger partial charge in [0.15, 0.2) is 0 Å². The van der Waals surface area contributed by atoms with Crippen molar-refractivity contribution in [3.05, 3.63) is 176 Å². The van der Waals surface area contributed by atoms with Gasteiger partial charge in [-0.25, -0.2) is 0 Å². The predicted molar refractivity (Wildman–Crippen MR) is 216 cm³/mol. The third kappa shape index (κ3) is 4.50. The van der Waals surface area contributed by atoms with Gasteiger partial charge in [0.25, 0.3) is 0 Å². The molecule has 0 saturated heterocycles. The zero-order valence-electron chi connectivity index (χ0n) is 28.1. The Balaban J connectivity index is 1.25. The number of para-hydroxylation sites is 1. The highest BCUT2D eigenvalue weighted by Crippen LogP contribution is 2.47. The summed E-state index contributed by atoms with van der Waals surface area (Å²) in [6, 6.07) is 52.5. The van der Waals surface area contributed by atoms with Gasteiger partial charge < -0.3 is 8.83 Å². The Morgan fingerprint density at radius 1 is 0.490 bits per heavy atom. The fourth-order valence-corrected chi connectivity index (χ4v) is 8.10. The maximum Gasteiger partial charge on any atom is 0.147 e. The first kappa shape index (κ1) is 29.3. The lowest BCUT2D eigenvalue weighted by Crippen LogP contribution is -1.91. The Kier molecular flexibility index (Phi) is 6.59. The summed E-state index contributed by atoms with van der Waals surface area (Å²) in [5, 5.41) is 10.5. The first-order valence-electron chi connectivity index (χ1n) is 17.4. The van der Waals surface area contributed by atoms with Crippen LogP contribution in [0.2, 0.25) is 0 Å². The molecule has 0 amide bonds. The summed E-state index contributed by atoms with van der Waals surface area (Å²) in [6.07, 6.45) is 5.85. The highest BCUT2D eigenvalue weighted by atomic mass is 16.3. The molecular weight excluding hydrogens is 621 g/mol. The smallest absolute Gasteiger partial charge is 0.147 e. The van der Waals surface area contributed by atoms with E-state index < -0.39 is 0 Å². The van der Waals surface area contributed by atoms with E-state index in [4.69, 9.17) is 8.83 Å². The topological polar surface area (TPSA) is 26.3 Å². The minimum Gasteiger partial charge on any atom is -0.460 e. The van der Waals surface area contributed by atoms with E-state index in [1.807, 2.05) is 25.1 Å². The molecule has 10 rings (SSSR count). The number of furan rings is 2. The minimum atomic E-state index is 0.829. The molecule has 0 fully saturated rings. The van der Waals surface area contributed by atoms with E-state index in [-0.39, 0.29) is 0 Å². The van der Waals surface area contributed by atoms with Crippen LogP contribution in [0.3, 0.4) is 0 Å². The van der Waals surface area contributed by atoms with Crippen LogP contribution in [0, 0.1) is 6.92 Å². The van der Waals surface area contributed by atoms with Crippen molar-refractivity contribution in [3.63, 3.8) is 0 Å². The first-order valence-corrected chi connectivity index (χ1v) is 17.4. The second-order valence-electron chi connectivity index (χ2n) is 13.3. The monoisotopic (exact) mass is 652 g/mol. The van der Waals surface area contributed by atoms with Gasteiger partial charge in [-0.3, -0.25) is 0 Å². The van der Waals surface area contributed by atoms with E-state index >= 15 is 0 Å². The number of hydrogen-bond acceptors (Lipinski definition) is 2. The average Bonchev–Trinajstić information content (AvgIpc) is 3.72. The Labute approximate surface area is 295 Å². The molecule has 2 nitrogen and oxygen atoms in total. The molecule has 0 unspecified atom stereocenters. The van der Waals surface area contributed by atoms with Crippen LogP contribution in [0.5, 0.6) is 0 Å². The number of fused-ring (bicyclic) bond motifs is 8. The molecule has 2 heterocycles. The Hall–Kier alpha value is -6.64. The van der Waals surface area contributed by atoms with Crippen LogP contribution >= 0.6 is 0 Å². The number of allylic oxidation sites excluding steroid dienone is 2. The van der Waals surface area contributed by atoms with Gasteiger partial charge in [0.05, 0.1) is 5.39 Å². The normalized spacial score (nSPS) is 12.0. The average molecular weight is 653 g/mol. The zero-order valence-corrected chi connectivity index (χ0v) is 28.1. The summed E-state index contributed by atoms with van der Waals surface area (Å²) in [7, 11) is 0. The number of hydrogen-bond donors (Lipinski definition) is 0. The largest absolute Gasteiger partial charge is 0.460 e. The van der Waals surface area contributed by atoms with Crippen molar-refractivity contribution >= 4 is 71.3 Å². The number of benzene rings is 8. The van der Waals surface area contributed by atoms with Gasteiger partial charge in [-0.1, -0.05) is 146 Å². The molecule has 2 heteroatoms. The van der Waals surface area contributed by atoms with E-state index in [2.05, 4.69) is 146 Å². The summed E-state index contributed by atoms with van der Waals surface area (Å²) in [5.41, 5.74) is 10.6. The molecule has 51 heavy (non-hydrogen) atoms. The second-order valence-corrected chi connectivity index (χ2v) is 13.3. The molecule has 0 saturated carbocycles. The van der Waals surface area contributed by atoms with Gasteiger partial charge in [0.2, 0.25) is 0 Å². The van der Waals surface area contributed by atoms with Crippen molar-refractivity contribution in [2.75, 3.05) is 0 Å². The predicted octanol–water partition coefficient (Wildman–Crippen LogP) is 14.3. The molecule has 2 aromatic heterocycles. The minimum absolute atomic E-state index is 0.829. The summed E-state index contributed by atoms with van der Waals surface area (Å²) < 4.78 is 13.1. The molecular formula is C49H32O2. The number of rotatable bonds is 5. The third-order valence-electron chi connectivity index (χ3n) is 10.4. The summed E-state index contributed by atoms with van der Waals surface area (Å²) in [6.45, 7) is 5.92. The van der Waals surface area contributed by atoms with Crippen LogP contribution < -0.4 is 0 Å². The van der Waals surface area contributed by atoms with Gasteiger partial charge in [-0.2, -0.15) is 0 Å². The summed E-state index contributed by atoms with van der Waals surface area (Å²) >= 11 is 0. The highest BCUT2D eigenvalue weighted by molar-refractivity contribution is 6.24. The van der Waals surface area contributed by atoms with Crippen LogP contribution in [0.4, 0.5) is 0 Å².